The topological polar surface area (TPSA) is 59.6 Å². The number of nitrogens with one attached hydrogen (secondary N) is 2. The summed E-state index contributed by atoms with van der Waals surface area (Å²) in [5.41, 5.74) is 0.461. The van der Waals surface area contributed by atoms with E-state index in [9.17, 15) is 4.79 Å². The summed E-state index contributed by atoms with van der Waals surface area (Å²) >= 11 is 11.8. The van der Waals surface area contributed by atoms with Gasteiger partial charge in [0.2, 0.25) is 0 Å². The summed E-state index contributed by atoms with van der Waals surface area (Å²) in [7, 11) is 0. The SMILES string of the molecule is CCOc1ccccc1OCNC(=O)Nc1ccc(Cl)cc1Cl. The Morgan fingerprint density at radius 1 is 1.09 bits per heavy atom. The highest BCUT2D eigenvalue weighted by atomic mass is 35.5. The van der Waals surface area contributed by atoms with Crippen LogP contribution in [0.5, 0.6) is 11.5 Å². The summed E-state index contributed by atoms with van der Waals surface area (Å²) < 4.78 is 10.9. The standard InChI is InChI=1S/C16H16Cl2N2O3/c1-2-22-14-5-3-4-6-15(14)23-10-19-16(21)20-13-8-7-11(17)9-12(13)18/h3-9H,2,10H2,1H3,(H2,19,20,21). The molecule has 122 valence electrons. The van der Waals surface area contributed by atoms with Crippen LogP contribution in [0.3, 0.4) is 0 Å². The van der Waals surface area contributed by atoms with E-state index in [0.29, 0.717) is 33.8 Å². The summed E-state index contributed by atoms with van der Waals surface area (Å²) in [4.78, 5) is 11.8. The molecule has 2 N–H and O–H groups in total. The van der Waals surface area contributed by atoms with Crippen molar-refractivity contribution in [2.75, 3.05) is 18.7 Å². The molecule has 0 saturated carbocycles. The average Bonchev–Trinajstić information content (AvgIpc) is 2.52. The third kappa shape index (κ3) is 5.23. The van der Waals surface area contributed by atoms with Gasteiger partial charge < -0.3 is 20.1 Å². The van der Waals surface area contributed by atoms with E-state index in [4.69, 9.17) is 32.7 Å². The molecule has 0 aliphatic rings. The second kappa shape index (κ2) is 8.50. The van der Waals surface area contributed by atoms with Crippen LogP contribution in [0, 0.1) is 0 Å². The molecule has 0 bridgehead atoms. The fourth-order valence-electron chi connectivity index (χ4n) is 1.78. The van der Waals surface area contributed by atoms with Crippen LogP contribution in [0.25, 0.3) is 0 Å². The molecule has 0 atom stereocenters. The number of amides is 2. The Kier molecular flexibility index (Phi) is 6.38. The Hall–Kier alpha value is -2.11. The van der Waals surface area contributed by atoms with Crippen LogP contribution >= 0.6 is 23.2 Å². The van der Waals surface area contributed by atoms with Gasteiger partial charge in [-0.15, -0.1) is 0 Å². The number of carbonyl (C=O) groups is 1. The first kappa shape index (κ1) is 17.2. The Morgan fingerprint density at radius 2 is 1.78 bits per heavy atom. The molecule has 2 rings (SSSR count). The van der Waals surface area contributed by atoms with Crippen LogP contribution in [0.15, 0.2) is 42.5 Å². The molecule has 0 aliphatic carbocycles. The number of benzene rings is 2. The lowest BCUT2D eigenvalue weighted by molar-refractivity contribution is 0.229. The van der Waals surface area contributed by atoms with E-state index in [-0.39, 0.29) is 6.73 Å². The van der Waals surface area contributed by atoms with Gasteiger partial charge in [-0.2, -0.15) is 0 Å². The van der Waals surface area contributed by atoms with E-state index in [0.717, 1.165) is 0 Å². The highest BCUT2D eigenvalue weighted by Gasteiger charge is 2.07. The van der Waals surface area contributed by atoms with Crippen LogP contribution in [0.2, 0.25) is 10.0 Å². The molecule has 7 heteroatoms. The van der Waals surface area contributed by atoms with Crippen LogP contribution in [0.4, 0.5) is 10.5 Å². The van der Waals surface area contributed by atoms with Gasteiger partial charge in [0.1, 0.15) is 0 Å². The average molecular weight is 355 g/mol. The highest BCUT2D eigenvalue weighted by Crippen LogP contribution is 2.26. The van der Waals surface area contributed by atoms with Gasteiger partial charge in [0, 0.05) is 5.02 Å². The predicted octanol–water partition coefficient (Wildman–Crippen LogP) is 4.55. The zero-order valence-electron chi connectivity index (χ0n) is 12.4. The maximum atomic E-state index is 11.8. The second-order valence-corrected chi connectivity index (χ2v) is 5.27. The Labute approximate surface area is 144 Å². The quantitative estimate of drug-likeness (QED) is 0.748. The van der Waals surface area contributed by atoms with Crippen molar-refractivity contribution in [3.05, 3.63) is 52.5 Å². The van der Waals surface area contributed by atoms with Crippen molar-refractivity contribution in [1.29, 1.82) is 0 Å². The Bertz CT molecular complexity index is 680. The van der Waals surface area contributed by atoms with E-state index in [1.165, 1.54) is 0 Å². The van der Waals surface area contributed by atoms with Gasteiger partial charge in [0.15, 0.2) is 18.2 Å². The lowest BCUT2D eigenvalue weighted by Gasteiger charge is -2.13. The van der Waals surface area contributed by atoms with Gasteiger partial charge in [-0.3, -0.25) is 0 Å². The third-order valence-electron chi connectivity index (χ3n) is 2.79. The fourth-order valence-corrected chi connectivity index (χ4v) is 2.24. The minimum Gasteiger partial charge on any atom is -0.490 e. The van der Waals surface area contributed by atoms with Crippen LogP contribution < -0.4 is 20.1 Å². The largest absolute Gasteiger partial charge is 0.490 e. The lowest BCUT2D eigenvalue weighted by Crippen LogP contribution is -2.32. The third-order valence-corrected chi connectivity index (χ3v) is 3.34. The van der Waals surface area contributed by atoms with Crippen LogP contribution in [0.1, 0.15) is 6.92 Å². The summed E-state index contributed by atoms with van der Waals surface area (Å²) in [6.07, 6.45) is 0. The predicted molar refractivity (Wildman–Crippen MR) is 91.7 cm³/mol. The maximum absolute atomic E-state index is 11.8. The zero-order chi connectivity index (χ0) is 16.7. The second-order valence-electron chi connectivity index (χ2n) is 4.42. The number of hydrogen-bond acceptors (Lipinski definition) is 3. The van der Waals surface area contributed by atoms with Gasteiger partial charge in [0.25, 0.3) is 0 Å². The number of carbonyl (C=O) groups excluding carboxylic acids is 1. The Balaban J connectivity index is 1.85. The highest BCUT2D eigenvalue weighted by molar-refractivity contribution is 6.36. The molecule has 23 heavy (non-hydrogen) atoms. The molecule has 0 aromatic heterocycles. The molecule has 0 radical (unpaired) electrons. The summed E-state index contributed by atoms with van der Waals surface area (Å²) in [6, 6.07) is 11.6. The molecule has 0 saturated heterocycles. The molecule has 0 fully saturated rings. The number of para-hydroxylation sites is 2. The minimum absolute atomic E-state index is 0.0128. The number of halogens is 2. The number of rotatable bonds is 6. The number of anilines is 1. The number of ether oxygens (including phenoxy) is 2. The number of urea groups is 1. The molecule has 0 heterocycles. The Morgan fingerprint density at radius 3 is 2.43 bits per heavy atom. The molecule has 0 spiro atoms. The van der Waals surface area contributed by atoms with E-state index in [2.05, 4.69) is 10.6 Å². The molecular weight excluding hydrogens is 339 g/mol. The summed E-state index contributed by atoms with van der Waals surface area (Å²) in [6.45, 7) is 2.41. The van der Waals surface area contributed by atoms with Crippen LogP contribution in [-0.4, -0.2) is 19.4 Å². The van der Waals surface area contributed by atoms with Crippen molar-refractivity contribution >= 4 is 34.9 Å². The van der Waals surface area contributed by atoms with Crippen molar-refractivity contribution in [3.63, 3.8) is 0 Å². The first-order chi connectivity index (χ1) is 11.1. The molecular formula is C16H16Cl2N2O3. The van der Waals surface area contributed by atoms with Gasteiger partial charge in [-0.25, -0.2) is 4.79 Å². The lowest BCUT2D eigenvalue weighted by atomic mass is 10.3. The summed E-state index contributed by atoms with van der Waals surface area (Å²) in [5.74, 6) is 1.18. The molecule has 0 aliphatic heterocycles. The van der Waals surface area contributed by atoms with Gasteiger partial charge in [-0.1, -0.05) is 35.3 Å². The smallest absolute Gasteiger partial charge is 0.321 e. The van der Waals surface area contributed by atoms with E-state index in [1.807, 2.05) is 19.1 Å². The summed E-state index contributed by atoms with van der Waals surface area (Å²) in [5, 5.41) is 6.04. The molecule has 2 amide bonds. The van der Waals surface area contributed by atoms with Crippen molar-refractivity contribution in [3.8, 4) is 11.5 Å². The van der Waals surface area contributed by atoms with Crippen LogP contribution in [-0.2, 0) is 0 Å². The van der Waals surface area contributed by atoms with Gasteiger partial charge in [-0.05, 0) is 37.3 Å². The monoisotopic (exact) mass is 354 g/mol. The molecule has 0 unspecified atom stereocenters. The molecule has 5 nitrogen and oxygen atoms in total. The van der Waals surface area contributed by atoms with Gasteiger partial charge >= 0.3 is 6.03 Å². The van der Waals surface area contributed by atoms with E-state index in [1.54, 1.807) is 30.3 Å². The van der Waals surface area contributed by atoms with E-state index >= 15 is 0 Å². The van der Waals surface area contributed by atoms with Crippen molar-refractivity contribution < 1.29 is 14.3 Å². The van der Waals surface area contributed by atoms with E-state index < -0.39 is 6.03 Å². The molecule has 2 aromatic rings. The fraction of sp³-hybridized carbons (Fsp3) is 0.188. The van der Waals surface area contributed by atoms with Crippen molar-refractivity contribution in [2.45, 2.75) is 6.92 Å². The van der Waals surface area contributed by atoms with Gasteiger partial charge in [0.05, 0.1) is 17.3 Å². The minimum atomic E-state index is -0.442. The maximum Gasteiger partial charge on any atom is 0.321 e. The molecule has 2 aromatic carbocycles. The van der Waals surface area contributed by atoms with Crippen molar-refractivity contribution in [2.24, 2.45) is 0 Å². The first-order valence-electron chi connectivity index (χ1n) is 6.94. The normalized spacial score (nSPS) is 10.0. The zero-order valence-corrected chi connectivity index (χ0v) is 13.9. The van der Waals surface area contributed by atoms with Crippen molar-refractivity contribution in [1.82, 2.24) is 5.32 Å². The number of hydrogen-bond donors (Lipinski definition) is 2. The first-order valence-corrected chi connectivity index (χ1v) is 7.70.